The van der Waals surface area contributed by atoms with Crippen LogP contribution in [0.15, 0.2) is 4.99 Å². The molecule has 0 aromatic rings. The van der Waals surface area contributed by atoms with Gasteiger partial charge in [-0.25, -0.2) is 0 Å². The monoisotopic (exact) mass is 444 g/mol. The Hall–Kier alpha value is 0.310. The molecule has 2 N–H and O–H groups in total. The number of rotatable bonds is 11. The van der Waals surface area contributed by atoms with Crippen LogP contribution in [0.5, 0.6) is 0 Å². The van der Waals surface area contributed by atoms with Gasteiger partial charge in [0.15, 0.2) is 5.96 Å². The standard InChI is InChI=1S/C16H36N4S.HI/c1-16(2,21-6)14-19-15(17-3)18-12-10-8-7-9-11-13-20(4)5;/h7-14H2,1-6H3,(H2,17,18,19);1H. The van der Waals surface area contributed by atoms with E-state index in [1.165, 1.54) is 38.6 Å². The zero-order chi connectivity index (χ0) is 16.1. The van der Waals surface area contributed by atoms with Crippen molar-refractivity contribution in [3.8, 4) is 0 Å². The van der Waals surface area contributed by atoms with E-state index >= 15 is 0 Å². The molecular weight excluding hydrogens is 407 g/mol. The third-order valence-corrected chi connectivity index (χ3v) is 4.78. The first-order chi connectivity index (χ1) is 9.91. The number of guanidine groups is 1. The maximum atomic E-state index is 4.27. The fourth-order valence-electron chi connectivity index (χ4n) is 1.88. The largest absolute Gasteiger partial charge is 0.356 e. The summed E-state index contributed by atoms with van der Waals surface area (Å²) in [6, 6.07) is 0. The lowest BCUT2D eigenvalue weighted by Gasteiger charge is -2.23. The summed E-state index contributed by atoms with van der Waals surface area (Å²) in [5.41, 5.74) is 0. The lowest BCUT2D eigenvalue weighted by atomic mass is 10.1. The van der Waals surface area contributed by atoms with Crippen molar-refractivity contribution in [2.45, 2.75) is 50.7 Å². The van der Waals surface area contributed by atoms with Crippen LogP contribution in [-0.2, 0) is 0 Å². The summed E-state index contributed by atoms with van der Waals surface area (Å²) in [6.07, 6.45) is 8.65. The summed E-state index contributed by atoms with van der Waals surface area (Å²) < 4.78 is 0.240. The number of aliphatic imine (C=N–C) groups is 1. The zero-order valence-corrected chi connectivity index (χ0v) is 18.5. The number of unbranched alkanes of at least 4 members (excludes halogenated alkanes) is 4. The van der Waals surface area contributed by atoms with Gasteiger partial charge < -0.3 is 15.5 Å². The molecular formula is C16H37IN4S. The van der Waals surface area contributed by atoms with Crippen molar-refractivity contribution in [1.29, 1.82) is 0 Å². The van der Waals surface area contributed by atoms with E-state index in [1.54, 1.807) is 0 Å². The van der Waals surface area contributed by atoms with Gasteiger partial charge in [-0.05, 0) is 53.6 Å². The fraction of sp³-hybridized carbons (Fsp3) is 0.938. The molecule has 0 radical (unpaired) electrons. The van der Waals surface area contributed by atoms with Crippen molar-refractivity contribution in [2.24, 2.45) is 4.99 Å². The predicted octanol–water partition coefficient (Wildman–Crippen LogP) is 3.42. The lowest BCUT2D eigenvalue weighted by Crippen LogP contribution is -2.43. The van der Waals surface area contributed by atoms with Gasteiger partial charge >= 0.3 is 0 Å². The summed E-state index contributed by atoms with van der Waals surface area (Å²) in [5.74, 6) is 0.921. The van der Waals surface area contributed by atoms with Crippen molar-refractivity contribution in [1.82, 2.24) is 15.5 Å². The topological polar surface area (TPSA) is 39.7 Å². The van der Waals surface area contributed by atoms with E-state index in [0.29, 0.717) is 0 Å². The average Bonchev–Trinajstić information content (AvgIpc) is 2.44. The Balaban J connectivity index is 0. The van der Waals surface area contributed by atoms with Gasteiger partial charge in [0.2, 0.25) is 0 Å². The van der Waals surface area contributed by atoms with Crippen molar-refractivity contribution in [3.05, 3.63) is 0 Å². The quantitative estimate of drug-likeness (QED) is 0.222. The molecule has 0 aliphatic rings. The minimum Gasteiger partial charge on any atom is -0.356 e. The van der Waals surface area contributed by atoms with Crippen LogP contribution in [0.1, 0.15) is 46.0 Å². The number of halogens is 1. The van der Waals surface area contributed by atoms with E-state index in [2.05, 4.69) is 54.7 Å². The second-order valence-electron chi connectivity index (χ2n) is 6.39. The number of nitrogens with one attached hydrogen (secondary N) is 2. The van der Waals surface area contributed by atoms with Crippen molar-refractivity contribution in [2.75, 3.05) is 47.0 Å². The molecule has 0 fully saturated rings. The first-order valence-electron chi connectivity index (χ1n) is 8.05. The lowest BCUT2D eigenvalue weighted by molar-refractivity contribution is 0.389. The molecule has 22 heavy (non-hydrogen) atoms. The van der Waals surface area contributed by atoms with Crippen LogP contribution in [-0.4, -0.2) is 62.6 Å². The molecule has 4 nitrogen and oxygen atoms in total. The van der Waals surface area contributed by atoms with Crippen LogP contribution in [0.25, 0.3) is 0 Å². The Morgan fingerprint density at radius 1 is 1.05 bits per heavy atom. The molecule has 6 heteroatoms. The second kappa shape index (κ2) is 14.9. The number of thioether (sulfide) groups is 1. The smallest absolute Gasteiger partial charge is 0.191 e. The van der Waals surface area contributed by atoms with E-state index < -0.39 is 0 Å². The highest BCUT2D eigenvalue weighted by atomic mass is 127. The van der Waals surface area contributed by atoms with E-state index in [9.17, 15) is 0 Å². The van der Waals surface area contributed by atoms with Gasteiger partial charge in [0, 0.05) is 24.9 Å². The highest BCUT2D eigenvalue weighted by Crippen LogP contribution is 2.19. The molecule has 0 saturated heterocycles. The summed E-state index contributed by atoms with van der Waals surface area (Å²) >= 11 is 1.87. The average molecular weight is 444 g/mol. The molecule has 0 bridgehead atoms. The van der Waals surface area contributed by atoms with E-state index in [4.69, 9.17) is 0 Å². The fourth-order valence-corrected chi connectivity index (χ4v) is 2.10. The van der Waals surface area contributed by atoms with Crippen molar-refractivity contribution in [3.63, 3.8) is 0 Å². The highest BCUT2D eigenvalue weighted by molar-refractivity contribution is 14.0. The summed E-state index contributed by atoms with van der Waals surface area (Å²) in [7, 11) is 6.12. The third kappa shape index (κ3) is 15.2. The van der Waals surface area contributed by atoms with Crippen LogP contribution < -0.4 is 10.6 Å². The van der Waals surface area contributed by atoms with E-state index in [-0.39, 0.29) is 28.7 Å². The van der Waals surface area contributed by atoms with Gasteiger partial charge in [-0.1, -0.05) is 19.3 Å². The first kappa shape index (κ1) is 24.6. The normalized spacial score (nSPS) is 12.2. The number of hydrogen-bond acceptors (Lipinski definition) is 3. The summed E-state index contributed by atoms with van der Waals surface area (Å²) in [5, 5.41) is 6.79. The molecule has 0 aromatic heterocycles. The minimum absolute atomic E-state index is 0. The molecule has 0 atom stereocenters. The Kier molecular flexibility index (Phi) is 16.6. The van der Waals surface area contributed by atoms with Gasteiger partial charge in [0.05, 0.1) is 0 Å². The van der Waals surface area contributed by atoms with E-state index in [0.717, 1.165) is 19.0 Å². The molecule has 0 saturated carbocycles. The van der Waals surface area contributed by atoms with Crippen molar-refractivity contribution >= 4 is 41.7 Å². The van der Waals surface area contributed by atoms with Crippen LogP contribution >= 0.6 is 35.7 Å². The molecule has 0 aliphatic carbocycles. The Morgan fingerprint density at radius 3 is 2.18 bits per heavy atom. The molecule has 0 aliphatic heterocycles. The van der Waals surface area contributed by atoms with Gasteiger partial charge in [-0.2, -0.15) is 11.8 Å². The molecule has 0 spiro atoms. The second-order valence-corrected chi connectivity index (χ2v) is 7.90. The first-order valence-corrected chi connectivity index (χ1v) is 9.28. The van der Waals surface area contributed by atoms with Crippen LogP contribution in [0, 0.1) is 0 Å². The molecule has 0 rings (SSSR count). The van der Waals surface area contributed by atoms with E-state index in [1.807, 2.05) is 18.8 Å². The van der Waals surface area contributed by atoms with Gasteiger partial charge in [0.25, 0.3) is 0 Å². The molecule has 134 valence electrons. The van der Waals surface area contributed by atoms with Gasteiger partial charge in [0.1, 0.15) is 0 Å². The SMILES string of the molecule is CN=C(NCCCCCCCN(C)C)NCC(C)(C)SC.I. The summed E-state index contributed by atoms with van der Waals surface area (Å²) in [4.78, 5) is 6.53. The highest BCUT2D eigenvalue weighted by Gasteiger charge is 2.15. The number of hydrogen-bond donors (Lipinski definition) is 2. The molecule has 0 unspecified atom stereocenters. The predicted molar refractivity (Wildman–Crippen MR) is 114 cm³/mol. The Morgan fingerprint density at radius 2 is 1.64 bits per heavy atom. The van der Waals surface area contributed by atoms with Crippen LogP contribution in [0.4, 0.5) is 0 Å². The molecule has 0 heterocycles. The third-order valence-electron chi connectivity index (χ3n) is 3.53. The van der Waals surface area contributed by atoms with Crippen LogP contribution in [0.2, 0.25) is 0 Å². The van der Waals surface area contributed by atoms with Crippen LogP contribution in [0.3, 0.4) is 0 Å². The van der Waals surface area contributed by atoms with Crippen molar-refractivity contribution < 1.29 is 0 Å². The number of nitrogens with zero attached hydrogens (tertiary/aromatic N) is 2. The van der Waals surface area contributed by atoms with Gasteiger partial charge in [-0.3, -0.25) is 4.99 Å². The van der Waals surface area contributed by atoms with Gasteiger partial charge in [-0.15, -0.1) is 24.0 Å². The molecule has 0 amide bonds. The Bertz CT molecular complexity index is 283. The minimum atomic E-state index is 0. The maximum Gasteiger partial charge on any atom is 0.191 e. The summed E-state index contributed by atoms with van der Waals surface area (Å²) in [6.45, 7) is 7.63. The molecule has 0 aromatic carbocycles. The zero-order valence-electron chi connectivity index (χ0n) is 15.4. The Labute approximate surface area is 159 Å². The maximum absolute atomic E-state index is 4.27.